The highest BCUT2D eigenvalue weighted by molar-refractivity contribution is 5.39. The first-order chi connectivity index (χ1) is 46.0. The first-order valence-corrected chi connectivity index (χ1v) is 41.1. The van der Waals surface area contributed by atoms with E-state index in [0.29, 0.717) is 5.92 Å². The van der Waals surface area contributed by atoms with Gasteiger partial charge >= 0.3 is 0 Å². The van der Waals surface area contributed by atoms with Gasteiger partial charge in [0.25, 0.3) is 0 Å². The standard InChI is InChI=1S/8C12H18/c8*1-9-3-5-12-8-10(2)4-6-11(12)7-9/h7-9,12H,3-6H2,1-2H3;7-10H,3-6H2,1-2H3;5,7,10-11H,3-4,6,8H2,1-2H3;2*5,7,9-10H,3-4,6,8H2,1-2H3;3,7,10,12H,4-6,8H2,1-2H3;3,5,10-11H,4,6-8H2,1-2H3;3,5,7,9-10,12H,4,6,8H2,1-2H3. The van der Waals surface area contributed by atoms with Crippen LogP contribution < -0.4 is 0 Å². The van der Waals surface area contributed by atoms with Crippen LogP contribution in [0.2, 0.25) is 0 Å². The van der Waals surface area contributed by atoms with Crippen LogP contribution in [-0.2, 0) is 0 Å². The Labute approximate surface area is 593 Å². The van der Waals surface area contributed by atoms with Gasteiger partial charge in [-0.2, -0.15) is 0 Å². The predicted octanol–water partition coefficient (Wildman–Crippen LogP) is 29.4. The Morgan fingerprint density at radius 2 is 0.792 bits per heavy atom. The van der Waals surface area contributed by atoms with Crippen molar-refractivity contribution in [1.82, 2.24) is 0 Å². The lowest BCUT2D eigenvalue weighted by Crippen LogP contribution is -2.17. The normalized spacial score (nSPS) is 35.8. The van der Waals surface area contributed by atoms with E-state index in [4.69, 9.17) is 0 Å². The molecule has 0 nitrogen and oxygen atoms in total. The average molecular weight is 1300 g/mol. The molecule has 0 aliphatic heterocycles. The molecule has 0 saturated heterocycles. The van der Waals surface area contributed by atoms with Crippen LogP contribution in [0.3, 0.4) is 0 Å². The molecule has 17 atom stereocenters. The zero-order valence-corrected chi connectivity index (χ0v) is 65.1. The molecule has 16 rings (SSSR count). The van der Waals surface area contributed by atoms with Gasteiger partial charge in [0.05, 0.1) is 0 Å². The van der Waals surface area contributed by atoms with E-state index in [-0.39, 0.29) is 0 Å². The lowest BCUT2D eigenvalue weighted by molar-refractivity contribution is 0.352. The maximum absolute atomic E-state index is 2.51. The fourth-order valence-electron chi connectivity index (χ4n) is 19.2. The van der Waals surface area contributed by atoms with E-state index in [0.717, 1.165) is 94.7 Å². The number of allylic oxidation sites excluding steroid dienone is 32. The Hall–Kier alpha value is -4.16. The molecule has 0 spiro atoms. The van der Waals surface area contributed by atoms with E-state index in [2.05, 4.69) is 214 Å². The minimum absolute atomic E-state index is 0.685. The van der Waals surface area contributed by atoms with Gasteiger partial charge in [-0.25, -0.2) is 0 Å². The third-order valence-electron chi connectivity index (χ3n) is 25.5. The zero-order valence-electron chi connectivity index (χ0n) is 65.1. The monoisotopic (exact) mass is 1300 g/mol. The van der Waals surface area contributed by atoms with Gasteiger partial charge in [0.15, 0.2) is 0 Å². The van der Waals surface area contributed by atoms with Gasteiger partial charge in [-0.05, 0) is 361 Å². The van der Waals surface area contributed by atoms with Crippen LogP contribution in [0, 0.1) is 101 Å². The molecule has 0 heteroatoms. The molecule has 0 aromatic heterocycles. The van der Waals surface area contributed by atoms with Crippen molar-refractivity contribution in [3.05, 3.63) is 187 Å². The topological polar surface area (TPSA) is 0 Å². The molecule has 0 heterocycles. The van der Waals surface area contributed by atoms with Gasteiger partial charge in [0, 0.05) is 0 Å². The Bertz CT molecular complexity index is 3010. The minimum Gasteiger partial charge on any atom is -0.0819 e. The van der Waals surface area contributed by atoms with Gasteiger partial charge in [0.2, 0.25) is 0 Å². The van der Waals surface area contributed by atoms with Crippen LogP contribution in [0.15, 0.2) is 187 Å². The summed E-state index contributed by atoms with van der Waals surface area (Å²) >= 11 is 0. The highest BCUT2D eigenvalue weighted by atomic mass is 14.3. The second kappa shape index (κ2) is 37.5. The van der Waals surface area contributed by atoms with E-state index in [1.807, 2.05) is 0 Å². The lowest BCUT2D eigenvalue weighted by atomic mass is 9.74. The van der Waals surface area contributed by atoms with Crippen molar-refractivity contribution in [3.63, 3.8) is 0 Å². The molecule has 6 fully saturated rings. The summed E-state index contributed by atoms with van der Waals surface area (Å²) < 4.78 is 0. The van der Waals surface area contributed by atoms with Crippen molar-refractivity contribution >= 4 is 0 Å². The maximum atomic E-state index is 2.51. The van der Waals surface area contributed by atoms with Crippen molar-refractivity contribution < 1.29 is 0 Å². The Kier molecular flexibility index (Phi) is 29.7. The Morgan fingerprint density at radius 3 is 1.45 bits per heavy atom. The molecule has 0 N–H and O–H groups in total. The predicted molar refractivity (Wildman–Crippen MR) is 424 cm³/mol. The molecular weight excluding hydrogens is 1150 g/mol. The summed E-state index contributed by atoms with van der Waals surface area (Å²) in [6.45, 7) is 37.2. The molecule has 0 bridgehead atoms. The van der Waals surface area contributed by atoms with Crippen LogP contribution >= 0.6 is 0 Å². The van der Waals surface area contributed by atoms with Crippen molar-refractivity contribution in [2.75, 3.05) is 0 Å². The second-order valence-electron chi connectivity index (χ2n) is 35.8. The zero-order chi connectivity index (χ0) is 68.4. The highest BCUT2D eigenvalue weighted by Crippen LogP contribution is 2.44. The number of hydrogen-bond donors (Lipinski definition) is 0. The first-order valence-electron chi connectivity index (χ1n) is 41.1. The van der Waals surface area contributed by atoms with E-state index in [9.17, 15) is 0 Å². The largest absolute Gasteiger partial charge is 0.0819 e. The minimum atomic E-state index is 0.685. The molecule has 16 aliphatic carbocycles. The van der Waals surface area contributed by atoms with Crippen molar-refractivity contribution in [2.24, 2.45) is 101 Å². The molecule has 0 radical (unpaired) electrons. The summed E-state index contributed by atoms with van der Waals surface area (Å²) in [7, 11) is 0. The second-order valence-corrected chi connectivity index (χ2v) is 35.8. The van der Waals surface area contributed by atoms with Crippen molar-refractivity contribution in [3.8, 4) is 0 Å². The number of fused-ring (bicyclic) bond motifs is 8. The fraction of sp³-hybridized carbons (Fsp3) is 0.667. The van der Waals surface area contributed by atoms with Crippen LogP contribution in [0.5, 0.6) is 0 Å². The third-order valence-corrected chi connectivity index (χ3v) is 25.5. The van der Waals surface area contributed by atoms with Gasteiger partial charge < -0.3 is 0 Å². The van der Waals surface area contributed by atoms with Gasteiger partial charge in [0.1, 0.15) is 0 Å². The van der Waals surface area contributed by atoms with Gasteiger partial charge in [-0.1, -0.05) is 237 Å². The van der Waals surface area contributed by atoms with Gasteiger partial charge in [-0.15, -0.1) is 0 Å². The molecule has 0 amide bonds. The van der Waals surface area contributed by atoms with Gasteiger partial charge in [-0.3, -0.25) is 0 Å². The fourth-order valence-corrected chi connectivity index (χ4v) is 19.2. The number of hydrogen-bond acceptors (Lipinski definition) is 0. The molecular formula is C96H144. The lowest BCUT2D eigenvalue weighted by Gasteiger charge is -2.31. The Balaban J connectivity index is 0.000000129. The summed E-state index contributed by atoms with van der Waals surface area (Å²) in [5, 5.41) is 0. The Morgan fingerprint density at radius 1 is 0.281 bits per heavy atom. The van der Waals surface area contributed by atoms with Crippen molar-refractivity contribution in [1.29, 1.82) is 0 Å². The van der Waals surface area contributed by atoms with Crippen LogP contribution in [0.1, 0.15) is 310 Å². The third kappa shape index (κ3) is 24.0. The number of rotatable bonds is 0. The highest BCUT2D eigenvalue weighted by Gasteiger charge is 2.29. The molecule has 96 heavy (non-hydrogen) atoms. The SMILES string of the molecule is CC1=CC2CCC(C)C=C2CC1.CC1=CC2CCC(C)CC2=CC1.CC1=CC=C2CC(C)CCC2C1.CC1=CCC2CC(C)CCC2=C1.CC1C=C2CCC(C)C=C2CC1.CC1C=C2CCC(C)CC2=CC1.CC1C=C2CCC(C)CC2=CC1.CC1C=CC2CC(C)CCC2=C1. The summed E-state index contributed by atoms with van der Waals surface area (Å²) in [5.74, 6) is 14.6. The summed E-state index contributed by atoms with van der Waals surface area (Å²) in [5.41, 5.74) is 24.8. The van der Waals surface area contributed by atoms with E-state index >= 15 is 0 Å². The van der Waals surface area contributed by atoms with E-state index in [1.165, 1.54) is 205 Å². The maximum Gasteiger partial charge on any atom is -0.00203 e. The van der Waals surface area contributed by atoms with E-state index < -0.39 is 0 Å². The first kappa shape index (κ1) is 76.0. The van der Waals surface area contributed by atoms with E-state index in [1.54, 1.807) is 78.0 Å². The molecule has 16 aliphatic rings. The summed E-state index contributed by atoms with van der Waals surface area (Å²) in [4.78, 5) is 0. The molecule has 0 aromatic carbocycles. The molecule has 6 saturated carbocycles. The quantitative estimate of drug-likeness (QED) is 0.212. The molecule has 0 aromatic rings. The summed E-state index contributed by atoms with van der Waals surface area (Å²) in [6, 6.07) is 0. The smallest absolute Gasteiger partial charge is 0.00203 e. The van der Waals surface area contributed by atoms with Crippen LogP contribution in [0.25, 0.3) is 0 Å². The van der Waals surface area contributed by atoms with Crippen LogP contribution in [-0.4, -0.2) is 0 Å². The summed E-state index contributed by atoms with van der Waals surface area (Å²) in [6.07, 6.45) is 83.6. The molecule has 17 unspecified atom stereocenters. The molecule has 528 valence electrons. The van der Waals surface area contributed by atoms with Crippen molar-refractivity contribution in [2.45, 2.75) is 310 Å². The average Bonchev–Trinajstić information content (AvgIpc) is 1.26. The van der Waals surface area contributed by atoms with Crippen LogP contribution in [0.4, 0.5) is 0 Å².